The molecule has 55 heavy (non-hydrogen) atoms. The van der Waals surface area contributed by atoms with Crippen molar-refractivity contribution < 1.29 is 8.83 Å². The van der Waals surface area contributed by atoms with Gasteiger partial charge in [-0.05, 0) is 144 Å². The SMILES string of the molecule is CC(C)(C)C1C=CC(c2nnc(C3=CC4=C(CC3)C3=C(C=CCC3)C43C4=C(CCC=C4)C4=C3C=C(c3nnc(C5=CCC(C(C)(C)C)C=C5)o3)CC4)o2)=CC1. The average Bonchev–Trinajstić information content (AvgIpc) is 3.99. The molecule has 2 heterocycles. The maximum absolute atomic E-state index is 6.52. The largest absolute Gasteiger partial charge is 0.416 e. The van der Waals surface area contributed by atoms with E-state index >= 15 is 0 Å². The Morgan fingerprint density at radius 1 is 0.509 bits per heavy atom. The predicted molar refractivity (Wildman–Crippen MR) is 220 cm³/mol. The molecule has 2 atom stereocenters. The number of allylic oxidation sites excluding steroid dienone is 24. The number of hydrogen-bond acceptors (Lipinski definition) is 6. The van der Waals surface area contributed by atoms with Gasteiger partial charge in [-0.15, -0.1) is 20.4 Å². The third-order valence-corrected chi connectivity index (χ3v) is 13.6. The van der Waals surface area contributed by atoms with Gasteiger partial charge < -0.3 is 8.83 Å². The fourth-order valence-electron chi connectivity index (χ4n) is 10.4. The molecule has 6 heteroatoms. The maximum atomic E-state index is 6.52. The Balaban J connectivity index is 1.04. The second-order valence-electron chi connectivity index (χ2n) is 18.8. The third-order valence-electron chi connectivity index (χ3n) is 13.6. The van der Waals surface area contributed by atoms with Crippen LogP contribution >= 0.6 is 0 Å². The number of hydrogen-bond donors (Lipinski definition) is 0. The molecule has 10 rings (SSSR count). The molecular formula is C49H52N4O2. The van der Waals surface area contributed by atoms with Gasteiger partial charge in [0, 0.05) is 22.3 Å². The summed E-state index contributed by atoms with van der Waals surface area (Å²) in [5.41, 5.74) is 16.2. The zero-order valence-electron chi connectivity index (χ0n) is 33.3. The normalized spacial score (nSPS) is 27.4. The monoisotopic (exact) mass is 728 g/mol. The second-order valence-corrected chi connectivity index (χ2v) is 18.8. The molecule has 280 valence electrons. The smallest absolute Gasteiger partial charge is 0.247 e. The van der Waals surface area contributed by atoms with Crippen molar-refractivity contribution in [3.8, 4) is 0 Å². The quantitative estimate of drug-likeness (QED) is 0.312. The zero-order chi connectivity index (χ0) is 37.7. The van der Waals surface area contributed by atoms with E-state index < -0.39 is 0 Å². The first-order valence-electron chi connectivity index (χ1n) is 20.6. The molecule has 0 fully saturated rings. The lowest BCUT2D eigenvalue weighted by molar-refractivity contribution is 0.294. The summed E-state index contributed by atoms with van der Waals surface area (Å²) in [4.78, 5) is 0. The highest BCUT2D eigenvalue weighted by Gasteiger charge is 2.55. The lowest BCUT2D eigenvalue weighted by atomic mass is 9.64. The molecule has 8 aliphatic carbocycles. The zero-order valence-corrected chi connectivity index (χ0v) is 33.3. The maximum Gasteiger partial charge on any atom is 0.247 e. The summed E-state index contributed by atoms with van der Waals surface area (Å²) in [6.45, 7) is 13.8. The fourth-order valence-corrected chi connectivity index (χ4v) is 10.4. The summed E-state index contributed by atoms with van der Waals surface area (Å²) in [5, 5.41) is 18.5. The van der Waals surface area contributed by atoms with Crippen LogP contribution in [0.3, 0.4) is 0 Å². The molecule has 0 bridgehead atoms. The molecule has 2 unspecified atom stereocenters. The van der Waals surface area contributed by atoms with Gasteiger partial charge in [0.25, 0.3) is 0 Å². The molecule has 6 nitrogen and oxygen atoms in total. The summed E-state index contributed by atoms with van der Waals surface area (Å²) >= 11 is 0. The van der Waals surface area contributed by atoms with E-state index in [0.29, 0.717) is 35.4 Å². The van der Waals surface area contributed by atoms with Crippen LogP contribution in [0.2, 0.25) is 0 Å². The molecule has 0 saturated heterocycles. The van der Waals surface area contributed by atoms with Crippen molar-refractivity contribution >= 4 is 22.3 Å². The van der Waals surface area contributed by atoms with Crippen LogP contribution in [0.15, 0.2) is 126 Å². The van der Waals surface area contributed by atoms with Gasteiger partial charge in [-0.2, -0.15) is 0 Å². The van der Waals surface area contributed by atoms with Gasteiger partial charge >= 0.3 is 0 Å². The summed E-state index contributed by atoms with van der Waals surface area (Å²) in [5.74, 6) is 3.50. The van der Waals surface area contributed by atoms with Gasteiger partial charge in [-0.3, -0.25) is 0 Å². The fraction of sp³-hybridized carbons (Fsp3) is 0.429. The Morgan fingerprint density at radius 3 is 1.33 bits per heavy atom. The van der Waals surface area contributed by atoms with E-state index in [2.05, 4.69) is 135 Å². The van der Waals surface area contributed by atoms with E-state index in [0.717, 1.165) is 86.5 Å². The van der Waals surface area contributed by atoms with Gasteiger partial charge in [-0.1, -0.05) is 102 Å². The van der Waals surface area contributed by atoms with Gasteiger partial charge in [0.2, 0.25) is 23.6 Å². The second kappa shape index (κ2) is 12.6. The van der Waals surface area contributed by atoms with Crippen molar-refractivity contribution in [3.05, 3.63) is 141 Å². The Morgan fingerprint density at radius 2 is 0.927 bits per heavy atom. The minimum Gasteiger partial charge on any atom is -0.416 e. The van der Waals surface area contributed by atoms with Crippen molar-refractivity contribution in [2.75, 3.05) is 0 Å². The summed E-state index contributed by atoms with van der Waals surface area (Å²) in [7, 11) is 0. The van der Waals surface area contributed by atoms with Crippen molar-refractivity contribution in [2.24, 2.45) is 28.1 Å². The van der Waals surface area contributed by atoms with E-state index in [4.69, 9.17) is 8.83 Å². The minimum atomic E-state index is -0.376. The van der Waals surface area contributed by atoms with E-state index in [1.165, 1.54) is 44.6 Å². The topological polar surface area (TPSA) is 77.8 Å². The molecule has 0 aliphatic heterocycles. The van der Waals surface area contributed by atoms with Crippen LogP contribution in [-0.4, -0.2) is 20.4 Å². The Kier molecular flexibility index (Phi) is 7.93. The Labute approximate surface area is 325 Å². The molecular weight excluding hydrogens is 677 g/mol. The number of aromatic nitrogens is 4. The van der Waals surface area contributed by atoms with E-state index in [1.54, 1.807) is 0 Å². The van der Waals surface area contributed by atoms with Crippen molar-refractivity contribution in [1.29, 1.82) is 0 Å². The summed E-state index contributed by atoms with van der Waals surface area (Å²) in [6, 6.07) is 0. The molecule has 0 radical (unpaired) electrons. The van der Waals surface area contributed by atoms with Gasteiger partial charge in [-0.25, -0.2) is 0 Å². The van der Waals surface area contributed by atoms with E-state index in [9.17, 15) is 0 Å². The van der Waals surface area contributed by atoms with Gasteiger partial charge in [0.15, 0.2) is 0 Å². The molecule has 8 aliphatic rings. The van der Waals surface area contributed by atoms with Crippen molar-refractivity contribution in [3.63, 3.8) is 0 Å². The van der Waals surface area contributed by atoms with Crippen molar-refractivity contribution in [1.82, 2.24) is 20.4 Å². The van der Waals surface area contributed by atoms with Crippen LogP contribution in [-0.2, 0) is 0 Å². The number of rotatable bonds is 4. The van der Waals surface area contributed by atoms with Crippen molar-refractivity contribution in [2.45, 2.75) is 106 Å². The standard InChI is InChI=1S/C49H52N4O2/c1-47(2,3)33-21-15-29(16-22-33)43-50-52-45(54-43)31-19-25-37-35-11-7-9-13-39(35)49(41(37)27-31)40-14-10-8-12-36(40)38-26-20-32(28-42(38)49)46-53-51-44(55-46)30-17-23-34(24-18-30)48(4,5)6/h9-10,13-18,21,23,27-28,33-34H,7-8,11-12,19-20,22,24-26H2,1-6H3. The van der Waals surface area contributed by atoms with Crippen LogP contribution in [0, 0.1) is 28.1 Å². The number of fused-ring (bicyclic) bond motifs is 6. The molecule has 1 spiro atoms. The first-order chi connectivity index (χ1) is 26.5. The van der Waals surface area contributed by atoms with Crippen LogP contribution in [0.25, 0.3) is 22.3 Å². The summed E-state index contributed by atoms with van der Waals surface area (Å²) in [6.07, 6.45) is 38.0. The van der Waals surface area contributed by atoms with Crippen LogP contribution in [0.1, 0.15) is 129 Å². The molecule has 0 aromatic carbocycles. The van der Waals surface area contributed by atoms with Crippen LogP contribution in [0.4, 0.5) is 0 Å². The van der Waals surface area contributed by atoms with E-state index in [1.807, 2.05) is 0 Å². The van der Waals surface area contributed by atoms with Gasteiger partial charge in [0.1, 0.15) is 0 Å². The van der Waals surface area contributed by atoms with E-state index in [-0.39, 0.29) is 16.2 Å². The Bertz CT molecular complexity index is 2230. The first-order valence-corrected chi connectivity index (χ1v) is 20.6. The molecule has 0 saturated carbocycles. The third kappa shape index (κ3) is 5.49. The predicted octanol–water partition coefficient (Wildman–Crippen LogP) is 12.4. The number of nitrogens with zero attached hydrogens (tertiary/aromatic N) is 4. The average molecular weight is 729 g/mol. The lowest BCUT2D eigenvalue weighted by Crippen LogP contribution is -2.27. The highest BCUT2D eigenvalue weighted by Crippen LogP contribution is 2.68. The molecule has 2 aromatic heterocycles. The highest BCUT2D eigenvalue weighted by molar-refractivity contribution is 5.85. The summed E-state index contributed by atoms with van der Waals surface area (Å²) < 4.78 is 13.0. The first kappa shape index (κ1) is 34.6. The Hall–Kier alpha value is -4.84. The molecule has 0 amide bonds. The van der Waals surface area contributed by atoms with Crippen LogP contribution < -0.4 is 0 Å². The molecule has 2 aromatic rings. The lowest BCUT2D eigenvalue weighted by Gasteiger charge is -2.37. The highest BCUT2D eigenvalue weighted by atomic mass is 16.4. The molecule has 0 N–H and O–H groups in total. The minimum absolute atomic E-state index is 0.220. The van der Waals surface area contributed by atoms with Crippen LogP contribution in [0.5, 0.6) is 0 Å². The van der Waals surface area contributed by atoms with Gasteiger partial charge in [0.05, 0.1) is 5.41 Å².